The lowest BCUT2D eigenvalue weighted by Crippen LogP contribution is -2.27. The average Bonchev–Trinajstić information content (AvgIpc) is 2.77. The van der Waals surface area contributed by atoms with Crippen LogP contribution in [0.2, 0.25) is 10.0 Å². The number of carbonyl (C=O) groups is 1. The number of nitrogens with zero attached hydrogens (tertiary/aromatic N) is 2. The monoisotopic (exact) mass is 492 g/mol. The Morgan fingerprint density at radius 1 is 1.09 bits per heavy atom. The summed E-state index contributed by atoms with van der Waals surface area (Å²) in [5, 5.41) is 20.7. The van der Waals surface area contributed by atoms with Gasteiger partial charge in [0.25, 0.3) is 5.56 Å². The summed E-state index contributed by atoms with van der Waals surface area (Å²) < 4.78 is 6.78. The van der Waals surface area contributed by atoms with E-state index in [1.54, 1.807) is 0 Å². The average molecular weight is 493 g/mol. The van der Waals surface area contributed by atoms with E-state index in [-0.39, 0.29) is 38.8 Å². The molecule has 0 amide bonds. The van der Waals surface area contributed by atoms with Crippen LogP contribution in [0.3, 0.4) is 0 Å². The van der Waals surface area contributed by atoms with Crippen molar-refractivity contribution in [3.8, 4) is 17.7 Å². The molecule has 1 aromatic carbocycles. The molecule has 8 heteroatoms. The first-order valence-electron chi connectivity index (χ1n) is 11.3. The summed E-state index contributed by atoms with van der Waals surface area (Å²) in [6.45, 7) is 6.30. The Hall–Kier alpha value is -2.49. The lowest BCUT2D eigenvalue weighted by atomic mass is 9.97. The lowest BCUT2D eigenvalue weighted by Gasteiger charge is -2.16. The third-order valence-corrected chi connectivity index (χ3v) is 6.08. The number of hydrogen-bond donors (Lipinski definition) is 1. The molecule has 0 atom stereocenters. The van der Waals surface area contributed by atoms with E-state index in [9.17, 15) is 20.0 Å². The summed E-state index contributed by atoms with van der Waals surface area (Å²) in [4.78, 5) is 26.1. The van der Waals surface area contributed by atoms with Gasteiger partial charge in [-0.1, -0.05) is 69.2 Å². The van der Waals surface area contributed by atoms with E-state index in [1.807, 2.05) is 6.07 Å². The molecular formula is C25H30Cl2N2O4. The zero-order valence-electron chi connectivity index (χ0n) is 19.3. The summed E-state index contributed by atoms with van der Waals surface area (Å²) in [5.74, 6) is -0.735. The van der Waals surface area contributed by atoms with Gasteiger partial charge in [0.2, 0.25) is 5.88 Å². The number of aromatic nitrogens is 1. The van der Waals surface area contributed by atoms with Crippen LogP contribution in [-0.4, -0.2) is 22.1 Å². The van der Waals surface area contributed by atoms with Crippen molar-refractivity contribution in [2.45, 2.75) is 72.3 Å². The number of hydrogen-bond acceptors (Lipinski definition) is 5. The third kappa shape index (κ3) is 6.31. The number of ketones is 1. The Morgan fingerprint density at radius 2 is 1.70 bits per heavy atom. The van der Waals surface area contributed by atoms with Gasteiger partial charge in [-0.3, -0.25) is 14.2 Å². The fraction of sp³-hybridized carbons (Fsp3) is 0.480. The van der Waals surface area contributed by atoms with Crippen molar-refractivity contribution in [2.75, 3.05) is 6.61 Å². The Balaban J connectivity index is 2.46. The number of rotatable bonds is 12. The molecule has 0 unspecified atom stereocenters. The molecule has 2 aromatic rings. The van der Waals surface area contributed by atoms with Gasteiger partial charge in [-0.2, -0.15) is 5.26 Å². The zero-order valence-corrected chi connectivity index (χ0v) is 20.9. The normalized spacial score (nSPS) is 10.8. The molecule has 33 heavy (non-hydrogen) atoms. The quantitative estimate of drug-likeness (QED) is 0.272. The van der Waals surface area contributed by atoms with Gasteiger partial charge in [0.15, 0.2) is 11.5 Å². The molecular weight excluding hydrogens is 463 g/mol. The number of benzene rings is 1. The van der Waals surface area contributed by atoms with E-state index in [1.165, 1.54) is 19.1 Å². The lowest BCUT2D eigenvalue weighted by molar-refractivity contribution is 0.103. The number of aromatic hydroxyl groups is 1. The Bertz CT molecular complexity index is 1080. The van der Waals surface area contributed by atoms with E-state index in [2.05, 4.69) is 13.8 Å². The molecule has 2 rings (SSSR count). The van der Waals surface area contributed by atoms with Gasteiger partial charge in [0.1, 0.15) is 11.6 Å². The maximum absolute atomic E-state index is 13.4. The number of nitriles is 1. The minimum absolute atomic E-state index is 0.106. The second-order valence-corrected chi connectivity index (χ2v) is 8.80. The minimum atomic E-state index is -0.604. The SMILES string of the molecule is CCCCCCn1c(O)c(C(=O)c2cc(Cl)c(OCCCCC)c(Cl)c2)c(C)c(C#N)c1=O. The van der Waals surface area contributed by atoms with E-state index in [0.717, 1.165) is 43.1 Å². The van der Waals surface area contributed by atoms with Crippen LogP contribution in [-0.2, 0) is 6.54 Å². The van der Waals surface area contributed by atoms with Crippen molar-refractivity contribution in [1.82, 2.24) is 4.57 Å². The molecule has 0 radical (unpaired) electrons. The molecule has 0 saturated carbocycles. The first kappa shape index (κ1) is 26.8. The van der Waals surface area contributed by atoms with Gasteiger partial charge >= 0.3 is 0 Å². The summed E-state index contributed by atoms with van der Waals surface area (Å²) in [5.41, 5.74) is -0.621. The minimum Gasteiger partial charge on any atom is -0.494 e. The van der Waals surface area contributed by atoms with Crippen LogP contribution >= 0.6 is 23.2 Å². The fourth-order valence-corrected chi connectivity index (χ4v) is 4.22. The van der Waals surface area contributed by atoms with Gasteiger partial charge in [-0.25, -0.2) is 0 Å². The van der Waals surface area contributed by atoms with Crippen LogP contribution in [0.1, 0.15) is 85.8 Å². The topological polar surface area (TPSA) is 92.3 Å². The van der Waals surface area contributed by atoms with E-state index < -0.39 is 17.2 Å². The fourth-order valence-electron chi connectivity index (χ4n) is 3.63. The zero-order chi connectivity index (χ0) is 24.5. The largest absolute Gasteiger partial charge is 0.494 e. The summed E-state index contributed by atoms with van der Waals surface area (Å²) in [7, 11) is 0. The van der Waals surface area contributed by atoms with Crippen LogP contribution in [0.5, 0.6) is 11.6 Å². The summed E-state index contributed by atoms with van der Waals surface area (Å²) in [6, 6.07) is 4.72. The van der Waals surface area contributed by atoms with Gasteiger partial charge in [0.05, 0.1) is 22.2 Å². The molecule has 0 aliphatic carbocycles. The molecule has 0 aliphatic heterocycles. The smallest absolute Gasteiger partial charge is 0.271 e. The predicted octanol–water partition coefficient (Wildman–Crippen LogP) is 6.42. The second kappa shape index (κ2) is 12.7. The van der Waals surface area contributed by atoms with Crippen LogP contribution < -0.4 is 10.3 Å². The van der Waals surface area contributed by atoms with Crippen LogP contribution in [0, 0.1) is 18.3 Å². The number of unbranched alkanes of at least 4 members (excludes halogenated alkanes) is 5. The number of halogens is 2. The van der Waals surface area contributed by atoms with Crippen molar-refractivity contribution in [3.05, 3.63) is 54.8 Å². The molecule has 0 saturated heterocycles. The van der Waals surface area contributed by atoms with E-state index in [0.29, 0.717) is 18.8 Å². The molecule has 0 aliphatic rings. The molecule has 1 aromatic heterocycles. The van der Waals surface area contributed by atoms with Crippen molar-refractivity contribution >= 4 is 29.0 Å². The summed E-state index contributed by atoms with van der Waals surface area (Å²) in [6.07, 6.45) is 6.43. The first-order chi connectivity index (χ1) is 15.8. The van der Waals surface area contributed by atoms with Crippen molar-refractivity contribution in [3.63, 3.8) is 0 Å². The highest BCUT2D eigenvalue weighted by Crippen LogP contribution is 2.36. The molecule has 1 heterocycles. The van der Waals surface area contributed by atoms with E-state index >= 15 is 0 Å². The summed E-state index contributed by atoms with van der Waals surface area (Å²) >= 11 is 12.7. The van der Waals surface area contributed by atoms with Crippen LogP contribution in [0.4, 0.5) is 0 Å². The van der Waals surface area contributed by atoms with Crippen molar-refractivity contribution < 1.29 is 14.6 Å². The molecule has 0 spiro atoms. The first-order valence-corrected chi connectivity index (χ1v) is 12.1. The second-order valence-electron chi connectivity index (χ2n) is 7.98. The standard InChI is InChI=1S/C25H30Cl2N2O4/c1-4-6-8-9-11-29-24(31)18(15-28)16(3)21(25(29)32)22(30)17-13-19(26)23(20(27)14-17)33-12-10-7-5-2/h13-14,32H,4-12H2,1-3H3. The highest BCUT2D eigenvalue weighted by atomic mass is 35.5. The molecule has 1 N–H and O–H groups in total. The van der Waals surface area contributed by atoms with E-state index in [4.69, 9.17) is 27.9 Å². The van der Waals surface area contributed by atoms with Crippen LogP contribution in [0.25, 0.3) is 0 Å². The van der Waals surface area contributed by atoms with Gasteiger partial charge in [-0.15, -0.1) is 0 Å². The van der Waals surface area contributed by atoms with Gasteiger partial charge in [0, 0.05) is 12.1 Å². The maximum Gasteiger partial charge on any atom is 0.271 e. The molecule has 0 fully saturated rings. The predicted molar refractivity (Wildman–Crippen MR) is 131 cm³/mol. The number of carbonyl (C=O) groups excluding carboxylic acids is 1. The van der Waals surface area contributed by atoms with Crippen molar-refractivity contribution in [1.29, 1.82) is 5.26 Å². The Morgan fingerprint density at radius 3 is 2.27 bits per heavy atom. The van der Waals surface area contributed by atoms with Crippen LogP contribution in [0.15, 0.2) is 16.9 Å². The highest BCUT2D eigenvalue weighted by molar-refractivity contribution is 6.38. The van der Waals surface area contributed by atoms with Gasteiger partial charge in [-0.05, 0) is 37.5 Å². The number of pyridine rings is 1. The van der Waals surface area contributed by atoms with Crippen molar-refractivity contribution in [2.24, 2.45) is 0 Å². The molecule has 6 nitrogen and oxygen atoms in total. The van der Waals surface area contributed by atoms with Gasteiger partial charge < -0.3 is 9.84 Å². The Labute approximate surface area is 204 Å². The molecule has 0 bridgehead atoms. The highest BCUT2D eigenvalue weighted by Gasteiger charge is 2.26. The Kier molecular flexibility index (Phi) is 10.3. The molecule has 178 valence electrons. The number of ether oxygens (including phenoxy) is 1. The third-order valence-electron chi connectivity index (χ3n) is 5.52. The maximum atomic E-state index is 13.4.